The maximum absolute atomic E-state index is 5.66. The molecule has 1 aliphatic carbocycles. The first-order chi connectivity index (χ1) is 6.58. The molecule has 1 aromatic rings. The van der Waals surface area contributed by atoms with Gasteiger partial charge in [-0.25, -0.2) is 0 Å². The van der Waals surface area contributed by atoms with Gasteiger partial charge in [0.1, 0.15) is 0 Å². The fraction of sp³-hybridized carbons (Fsp3) is 0.545. The van der Waals surface area contributed by atoms with Gasteiger partial charge in [0.05, 0.1) is 17.6 Å². The van der Waals surface area contributed by atoms with E-state index in [1.807, 2.05) is 12.3 Å². The van der Waals surface area contributed by atoms with Crippen molar-refractivity contribution < 1.29 is 0 Å². The van der Waals surface area contributed by atoms with Crippen molar-refractivity contribution in [1.29, 1.82) is 0 Å². The second-order valence-electron chi connectivity index (χ2n) is 4.73. The Morgan fingerprint density at radius 1 is 1.50 bits per heavy atom. The standard InChI is InChI=1S/C11H17N3/c1-11(2)4-3-10(11)14-9-5-8(12)6-13-7-9/h5-7,10,14H,3-4,12H2,1-2H3. The lowest BCUT2D eigenvalue weighted by atomic mass is 9.67. The molecule has 0 aliphatic heterocycles. The zero-order valence-electron chi connectivity index (χ0n) is 8.75. The van der Waals surface area contributed by atoms with Crippen molar-refractivity contribution in [1.82, 2.24) is 4.98 Å². The number of hydrogen-bond donors (Lipinski definition) is 2. The Bertz CT molecular complexity index is 333. The first-order valence-electron chi connectivity index (χ1n) is 5.05. The lowest BCUT2D eigenvalue weighted by Crippen LogP contribution is -2.45. The summed E-state index contributed by atoms with van der Waals surface area (Å²) in [6.07, 6.45) is 6.02. The average Bonchev–Trinajstić information content (AvgIpc) is 2.13. The Labute approximate surface area is 84.7 Å². The van der Waals surface area contributed by atoms with Crippen LogP contribution in [-0.2, 0) is 0 Å². The van der Waals surface area contributed by atoms with E-state index in [9.17, 15) is 0 Å². The maximum atomic E-state index is 5.66. The minimum atomic E-state index is 0.407. The molecule has 0 saturated heterocycles. The highest BCUT2D eigenvalue weighted by Gasteiger charge is 2.38. The summed E-state index contributed by atoms with van der Waals surface area (Å²) in [5.41, 5.74) is 7.81. The van der Waals surface area contributed by atoms with Gasteiger partial charge < -0.3 is 11.1 Å². The minimum absolute atomic E-state index is 0.407. The summed E-state index contributed by atoms with van der Waals surface area (Å²) >= 11 is 0. The fourth-order valence-electron chi connectivity index (χ4n) is 1.87. The summed E-state index contributed by atoms with van der Waals surface area (Å²) in [7, 11) is 0. The van der Waals surface area contributed by atoms with E-state index in [4.69, 9.17) is 5.73 Å². The van der Waals surface area contributed by atoms with Gasteiger partial charge in [-0.05, 0) is 24.3 Å². The molecule has 14 heavy (non-hydrogen) atoms. The summed E-state index contributed by atoms with van der Waals surface area (Å²) in [5, 5.41) is 3.47. The monoisotopic (exact) mass is 191 g/mol. The molecule has 0 aromatic carbocycles. The zero-order chi connectivity index (χ0) is 10.2. The lowest BCUT2D eigenvalue weighted by Gasteiger charge is -2.45. The fourth-order valence-corrected chi connectivity index (χ4v) is 1.87. The molecule has 0 amide bonds. The van der Waals surface area contributed by atoms with Crippen LogP contribution in [0.3, 0.4) is 0 Å². The molecule has 2 rings (SSSR count). The van der Waals surface area contributed by atoms with Gasteiger partial charge in [0.15, 0.2) is 0 Å². The number of nitrogens with one attached hydrogen (secondary N) is 1. The van der Waals surface area contributed by atoms with Gasteiger partial charge in [0.2, 0.25) is 0 Å². The third-order valence-electron chi connectivity index (χ3n) is 3.12. The first-order valence-corrected chi connectivity index (χ1v) is 5.05. The summed E-state index contributed by atoms with van der Waals surface area (Å²) in [6, 6.07) is 2.49. The van der Waals surface area contributed by atoms with E-state index in [0.717, 1.165) is 5.69 Å². The van der Waals surface area contributed by atoms with Crippen molar-refractivity contribution in [2.75, 3.05) is 11.1 Å². The molecular weight excluding hydrogens is 174 g/mol. The van der Waals surface area contributed by atoms with Crippen LogP contribution in [0.1, 0.15) is 26.7 Å². The Balaban J connectivity index is 2.05. The largest absolute Gasteiger partial charge is 0.397 e. The number of rotatable bonds is 2. The predicted octanol–water partition coefficient (Wildman–Crippen LogP) is 2.26. The van der Waals surface area contributed by atoms with Crippen LogP contribution in [0.2, 0.25) is 0 Å². The van der Waals surface area contributed by atoms with E-state index >= 15 is 0 Å². The summed E-state index contributed by atoms with van der Waals surface area (Å²) in [5.74, 6) is 0. The molecule has 76 valence electrons. The minimum Gasteiger partial charge on any atom is -0.397 e. The van der Waals surface area contributed by atoms with E-state index < -0.39 is 0 Å². The van der Waals surface area contributed by atoms with Crippen molar-refractivity contribution in [3.63, 3.8) is 0 Å². The van der Waals surface area contributed by atoms with Crippen LogP contribution in [0.25, 0.3) is 0 Å². The number of anilines is 2. The highest BCUT2D eigenvalue weighted by Crippen LogP contribution is 2.41. The topological polar surface area (TPSA) is 50.9 Å². The third kappa shape index (κ3) is 1.67. The van der Waals surface area contributed by atoms with E-state index in [1.165, 1.54) is 12.8 Å². The van der Waals surface area contributed by atoms with Crippen LogP contribution in [0, 0.1) is 5.41 Å². The summed E-state index contributed by atoms with van der Waals surface area (Å²) in [4.78, 5) is 4.06. The highest BCUT2D eigenvalue weighted by molar-refractivity contribution is 5.52. The van der Waals surface area contributed by atoms with Crippen LogP contribution in [-0.4, -0.2) is 11.0 Å². The first kappa shape index (κ1) is 9.31. The van der Waals surface area contributed by atoms with Crippen LogP contribution in [0.5, 0.6) is 0 Å². The number of hydrogen-bond acceptors (Lipinski definition) is 3. The molecule has 3 N–H and O–H groups in total. The van der Waals surface area contributed by atoms with Crippen LogP contribution < -0.4 is 11.1 Å². The molecule has 3 nitrogen and oxygen atoms in total. The third-order valence-corrected chi connectivity index (χ3v) is 3.12. The van der Waals surface area contributed by atoms with Gasteiger partial charge in [-0.15, -0.1) is 0 Å². The average molecular weight is 191 g/mol. The molecule has 1 unspecified atom stereocenters. The molecule has 1 saturated carbocycles. The molecule has 1 aromatic heterocycles. The number of nitrogens with zero attached hydrogens (tertiary/aromatic N) is 1. The Morgan fingerprint density at radius 2 is 2.29 bits per heavy atom. The normalized spacial score (nSPS) is 24.0. The Kier molecular flexibility index (Phi) is 2.10. The van der Waals surface area contributed by atoms with Crippen molar-refractivity contribution in [2.24, 2.45) is 5.41 Å². The quantitative estimate of drug-likeness (QED) is 0.754. The van der Waals surface area contributed by atoms with Crippen molar-refractivity contribution in [3.8, 4) is 0 Å². The molecule has 1 heterocycles. The van der Waals surface area contributed by atoms with Crippen molar-refractivity contribution in [3.05, 3.63) is 18.5 Å². The Hall–Kier alpha value is -1.25. The second kappa shape index (κ2) is 3.15. The zero-order valence-corrected chi connectivity index (χ0v) is 8.75. The SMILES string of the molecule is CC1(C)CCC1Nc1cncc(N)c1. The molecule has 1 aliphatic rings. The van der Waals surface area contributed by atoms with Gasteiger partial charge in [0.25, 0.3) is 0 Å². The molecule has 0 spiro atoms. The highest BCUT2D eigenvalue weighted by atomic mass is 15.0. The van der Waals surface area contributed by atoms with Crippen LogP contribution in [0.15, 0.2) is 18.5 Å². The molecule has 0 bridgehead atoms. The van der Waals surface area contributed by atoms with Gasteiger partial charge in [-0.1, -0.05) is 13.8 Å². The summed E-state index contributed by atoms with van der Waals surface area (Å²) in [6.45, 7) is 4.57. The molecule has 1 fully saturated rings. The summed E-state index contributed by atoms with van der Waals surface area (Å²) < 4.78 is 0. The van der Waals surface area contributed by atoms with Crippen molar-refractivity contribution in [2.45, 2.75) is 32.7 Å². The van der Waals surface area contributed by atoms with Gasteiger partial charge >= 0.3 is 0 Å². The van der Waals surface area contributed by atoms with Crippen molar-refractivity contribution >= 4 is 11.4 Å². The predicted molar refractivity (Wildman–Crippen MR) is 59.1 cm³/mol. The number of aromatic nitrogens is 1. The van der Waals surface area contributed by atoms with Crippen LogP contribution >= 0.6 is 0 Å². The molecule has 1 atom stereocenters. The molecular formula is C11H17N3. The lowest BCUT2D eigenvalue weighted by molar-refractivity contribution is 0.160. The smallest absolute Gasteiger partial charge is 0.0549 e. The van der Waals surface area contributed by atoms with E-state index in [0.29, 0.717) is 17.1 Å². The van der Waals surface area contributed by atoms with E-state index in [-0.39, 0.29) is 0 Å². The van der Waals surface area contributed by atoms with Gasteiger partial charge in [-0.3, -0.25) is 4.98 Å². The number of nitrogen functional groups attached to an aromatic ring is 1. The van der Waals surface area contributed by atoms with Gasteiger partial charge in [-0.2, -0.15) is 0 Å². The number of nitrogens with two attached hydrogens (primary N) is 1. The molecule has 3 heteroatoms. The maximum Gasteiger partial charge on any atom is 0.0549 e. The van der Waals surface area contributed by atoms with Crippen LogP contribution in [0.4, 0.5) is 11.4 Å². The second-order valence-corrected chi connectivity index (χ2v) is 4.73. The van der Waals surface area contributed by atoms with E-state index in [2.05, 4.69) is 24.1 Å². The Morgan fingerprint density at radius 3 is 2.79 bits per heavy atom. The number of pyridine rings is 1. The van der Waals surface area contributed by atoms with Gasteiger partial charge in [0, 0.05) is 12.2 Å². The van der Waals surface area contributed by atoms with E-state index in [1.54, 1.807) is 6.20 Å². The molecule has 0 radical (unpaired) electrons.